The zero-order valence-electron chi connectivity index (χ0n) is 5.64. The van der Waals surface area contributed by atoms with Crippen LogP contribution in [0.1, 0.15) is 17.3 Å². The van der Waals surface area contributed by atoms with Gasteiger partial charge in [0.1, 0.15) is 0 Å². The second-order valence-corrected chi connectivity index (χ2v) is 4.46. The Balaban J connectivity index is 2.96. The second-order valence-electron chi connectivity index (χ2n) is 2.17. The molecule has 1 aromatic rings. The van der Waals surface area contributed by atoms with E-state index in [9.17, 15) is 0 Å². The van der Waals surface area contributed by atoms with Crippen LogP contribution in [0, 0.1) is 0 Å². The van der Waals surface area contributed by atoms with E-state index in [1.807, 2.05) is 12.1 Å². The van der Waals surface area contributed by atoms with Crippen LogP contribution < -0.4 is 0 Å². The van der Waals surface area contributed by atoms with Crippen LogP contribution in [0.5, 0.6) is 0 Å². The SMILES string of the molecule is C[C@H](Br)c1cccc(Br)c1. The van der Waals surface area contributed by atoms with Gasteiger partial charge in [0.2, 0.25) is 0 Å². The highest BCUT2D eigenvalue weighted by Gasteiger charge is 1.98. The second kappa shape index (κ2) is 3.54. The molecule has 1 atom stereocenters. The lowest BCUT2D eigenvalue weighted by molar-refractivity contribution is 1.12. The quantitative estimate of drug-likeness (QED) is 0.674. The summed E-state index contributed by atoms with van der Waals surface area (Å²) in [6.45, 7) is 2.11. The fourth-order valence-corrected chi connectivity index (χ4v) is 1.46. The molecular formula is C8H8Br2. The monoisotopic (exact) mass is 262 g/mol. The predicted molar refractivity (Wildman–Crippen MR) is 51.5 cm³/mol. The first-order chi connectivity index (χ1) is 4.70. The van der Waals surface area contributed by atoms with Crippen molar-refractivity contribution in [3.05, 3.63) is 34.3 Å². The molecule has 0 saturated carbocycles. The Morgan fingerprint density at radius 3 is 2.50 bits per heavy atom. The summed E-state index contributed by atoms with van der Waals surface area (Å²) in [7, 11) is 0. The molecule has 0 aliphatic heterocycles. The fraction of sp³-hybridized carbons (Fsp3) is 0.250. The van der Waals surface area contributed by atoms with Gasteiger partial charge < -0.3 is 0 Å². The third-order valence-corrected chi connectivity index (χ3v) is 2.33. The molecule has 0 radical (unpaired) electrons. The van der Waals surface area contributed by atoms with Crippen LogP contribution in [0.25, 0.3) is 0 Å². The van der Waals surface area contributed by atoms with E-state index in [1.54, 1.807) is 0 Å². The van der Waals surface area contributed by atoms with Gasteiger partial charge >= 0.3 is 0 Å². The van der Waals surface area contributed by atoms with E-state index in [2.05, 4.69) is 50.9 Å². The summed E-state index contributed by atoms with van der Waals surface area (Å²) in [5, 5.41) is 0. The molecule has 0 amide bonds. The van der Waals surface area contributed by atoms with E-state index in [1.165, 1.54) is 5.56 Å². The summed E-state index contributed by atoms with van der Waals surface area (Å²) < 4.78 is 1.14. The van der Waals surface area contributed by atoms with Gasteiger partial charge in [0, 0.05) is 9.30 Å². The maximum atomic E-state index is 3.50. The lowest BCUT2D eigenvalue weighted by Crippen LogP contribution is -1.81. The summed E-state index contributed by atoms with van der Waals surface area (Å²) in [6, 6.07) is 8.28. The van der Waals surface area contributed by atoms with Gasteiger partial charge in [-0.1, -0.05) is 44.0 Å². The highest BCUT2D eigenvalue weighted by Crippen LogP contribution is 2.23. The van der Waals surface area contributed by atoms with Crippen LogP contribution in [0.2, 0.25) is 0 Å². The molecule has 0 spiro atoms. The van der Waals surface area contributed by atoms with Gasteiger partial charge in [-0.05, 0) is 24.6 Å². The molecule has 1 rings (SSSR count). The lowest BCUT2D eigenvalue weighted by Gasteiger charge is -2.02. The van der Waals surface area contributed by atoms with E-state index in [-0.39, 0.29) is 0 Å². The van der Waals surface area contributed by atoms with Gasteiger partial charge in [-0.2, -0.15) is 0 Å². The van der Waals surface area contributed by atoms with Crippen LogP contribution in [0.4, 0.5) is 0 Å². The minimum absolute atomic E-state index is 0.435. The van der Waals surface area contributed by atoms with Crippen molar-refractivity contribution in [2.24, 2.45) is 0 Å². The average Bonchev–Trinajstić information content (AvgIpc) is 1.88. The van der Waals surface area contributed by atoms with E-state index in [0.29, 0.717) is 4.83 Å². The van der Waals surface area contributed by atoms with Gasteiger partial charge in [-0.25, -0.2) is 0 Å². The zero-order valence-corrected chi connectivity index (χ0v) is 8.81. The molecule has 0 N–H and O–H groups in total. The van der Waals surface area contributed by atoms with Crippen LogP contribution in [-0.2, 0) is 0 Å². The standard InChI is InChI=1S/C8H8Br2/c1-6(9)7-3-2-4-8(10)5-7/h2-6H,1H3/t6-/m0/s1. The molecule has 0 unspecified atom stereocenters. The normalized spacial score (nSPS) is 13.1. The Kier molecular flexibility index (Phi) is 2.93. The lowest BCUT2D eigenvalue weighted by atomic mass is 10.2. The maximum Gasteiger partial charge on any atom is 0.0367 e. The molecule has 0 bridgehead atoms. The number of halogens is 2. The van der Waals surface area contributed by atoms with Crippen molar-refractivity contribution in [2.75, 3.05) is 0 Å². The molecule has 54 valence electrons. The predicted octanol–water partition coefficient (Wildman–Crippen LogP) is 3.91. The highest BCUT2D eigenvalue weighted by atomic mass is 79.9. The smallest absolute Gasteiger partial charge is 0.0367 e. The van der Waals surface area contributed by atoms with Crippen molar-refractivity contribution in [3.8, 4) is 0 Å². The molecule has 0 aromatic heterocycles. The molecule has 0 fully saturated rings. The highest BCUT2D eigenvalue weighted by molar-refractivity contribution is 9.10. The van der Waals surface area contributed by atoms with E-state index in [0.717, 1.165) is 4.47 Å². The van der Waals surface area contributed by atoms with Gasteiger partial charge in [-0.15, -0.1) is 0 Å². The van der Waals surface area contributed by atoms with Crippen molar-refractivity contribution in [2.45, 2.75) is 11.8 Å². The van der Waals surface area contributed by atoms with E-state index >= 15 is 0 Å². The Morgan fingerprint density at radius 2 is 2.10 bits per heavy atom. The Hall–Kier alpha value is 0.180. The third-order valence-electron chi connectivity index (χ3n) is 1.31. The van der Waals surface area contributed by atoms with Crippen LogP contribution in [0.15, 0.2) is 28.7 Å². The van der Waals surface area contributed by atoms with Crippen molar-refractivity contribution in [1.29, 1.82) is 0 Å². The summed E-state index contributed by atoms with van der Waals surface area (Å²) in [4.78, 5) is 0.435. The van der Waals surface area contributed by atoms with Gasteiger partial charge in [0.15, 0.2) is 0 Å². The minimum atomic E-state index is 0.435. The summed E-state index contributed by atoms with van der Waals surface area (Å²) >= 11 is 6.91. The van der Waals surface area contributed by atoms with Crippen molar-refractivity contribution in [1.82, 2.24) is 0 Å². The largest absolute Gasteiger partial charge is 0.0842 e. The van der Waals surface area contributed by atoms with Gasteiger partial charge in [0.05, 0.1) is 0 Å². The molecule has 2 heteroatoms. The molecule has 0 saturated heterocycles. The van der Waals surface area contributed by atoms with Gasteiger partial charge in [0.25, 0.3) is 0 Å². The summed E-state index contributed by atoms with van der Waals surface area (Å²) in [6.07, 6.45) is 0. The topological polar surface area (TPSA) is 0 Å². The summed E-state index contributed by atoms with van der Waals surface area (Å²) in [5.41, 5.74) is 1.30. The van der Waals surface area contributed by atoms with E-state index < -0.39 is 0 Å². The van der Waals surface area contributed by atoms with Crippen LogP contribution in [-0.4, -0.2) is 0 Å². The van der Waals surface area contributed by atoms with Gasteiger partial charge in [-0.3, -0.25) is 0 Å². The molecule has 0 heterocycles. The number of hydrogen-bond donors (Lipinski definition) is 0. The molecule has 0 aliphatic carbocycles. The number of alkyl halides is 1. The van der Waals surface area contributed by atoms with Crippen molar-refractivity contribution >= 4 is 31.9 Å². The third kappa shape index (κ3) is 2.10. The maximum absolute atomic E-state index is 3.50. The first kappa shape index (κ1) is 8.28. The molecule has 0 aliphatic rings. The molecule has 0 nitrogen and oxygen atoms in total. The average molecular weight is 264 g/mol. The minimum Gasteiger partial charge on any atom is -0.0842 e. The Morgan fingerprint density at radius 1 is 1.40 bits per heavy atom. The number of rotatable bonds is 1. The first-order valence-electron chi connectivity index (χ1n) is 3.09. The van der Waals surface area contributed by atoms with Crippen LogP contribution in [0.3, 0.4) is 0 Å². The molecular weight excluding hydrogens is 256 g/mol. The first-order valence-corrected chi connectivity index (χ1v) is 4.80. The Bertz CT molecular complexity index is 218. The number of benzene rings is 1. The number of hydrogen-bond acceptors (Lipinski definition) is 0. The Labute approximate surface area is 77.9 Å². The molecule has 10 heavy (non-hydrogen) atoms. The fourth-order valence-electron chi connectivity index (χ4n) is 0.754. The molecule has 1 aromatic carbocycles. The van der Waals surface area contributed by atoms with Crippen molar-refractivity contribution in [3.63, 3.8) is 0 Å². The van der Waals surface area contributed by atoms with E-state index in [4.69, 9.17) is 0 Å². The zero-order chi connectivity index (χ0) is 7.56. The van der Waals surface area contributed by atoms with Crippen molar-refractivity contribution < 1.29 is 0 Å². The summed E-state index contributed by atoms with van der Waals surface area (Å²) in [5.74, 6) is 0. The van der Waals surface area contributed by atoms with Crippen LogP contribution >= 0.6 is 31.9 Å².